The molecule has 1 saturated heterocycles. The van der Waals surface area contributed by atoms with E-state index in [-0.39, 0.29) is 115 Å². The van der Waals surface area contributed by atoms with Crippen molar-refractivity contribution in [1.29, 1.82) is 0 Å². The number of aromatic hydroxyl groups is 2. The van der Waals surface area contributed by atoms with Crippen LogP contribution in [0.25, 0.3) is 33.4 Å². The van der Waals surface area contributed by atoms with Crippen LogP contribution in [0, 0.1) is 0 Å². The van der Waals surface area contributed by atoms with E-state index >= 15 is 0 Å². The molecule has 3 aliphatic rings. The summed E-state index contributed by atoms with van der Waals surface area (Å²) in [4.78, 5) is 121. The van der Waals surface area contributed by atoms with Crippen LogP contribution in [-0.4, -0.2) is 178 Å². The Bertz CT molecular complexity index is 3420. The summed E-state index contributed by atoms with van der Waals surface area (Å²) in [7, 11) is -9.33. The van der Waals surface area contributed by atoms with E-state index in [4.69, 9.17) is 9.25 Å². The van der Waals surface area contributed by atoms with Gasteiger partial charge in [0.05, 0.1) is 12.2 Å². The summed E-state index contributed by atoms with van der Waals surface area (Å²) < 4.78 is 54.4. The molecule has 2 aliphatic heterocycles. The molecule has 3 aromatic rings. The highest BCUT2D eigenvalue weighted by molar-refractivity contribution is 7.85. The van der Waals surface area contributed by atoms with Crippen molar-refractivity contribution in [1.82, 2.24) is 40.4 Å². The minimum atomic E-state index is -4.76. The molecule has 1 aromatic heterocycles. The first kappa shape index (κ1) is 68.3. The molecule has 3 heterocycles. The van der Waals surface area contributed by atoms with Crippen molar-refractivity contribution in [3.05, 3.63) is 83.7 Å². The predicted octanol–water partition coefficient (Wildman–Crippen LogP) is 3.57. The van der Waals surface area contributed by atoms with Gasteiger partial charge in [-0.15, -0.1) is 4.73 Å². The summed E-state index contributed by atoms with van der Waals surface area (Å²) in [5.41, 5.74) is 4.75. The van der Waals surface area contributed by atoms with Crippen molar-refractivity contribution < 1.29 is 80.4 Å². The van der Waals surface area contributed by atoms with Crippen LogP contribution in [0.3, 0.4) is 0 Å². The van der Waals surface area contributed by atoms with E-state index in [1.807, 2.05) is 24.3 Å². The molecule has 87 heavy (non-hydrogen) atoms. The summed E-state index contributed by atoms with van der Waals surface area (Å²) >= 11 is 0. The van der Waals surface area contributed by atoms with Gasteiger partial charge in [0.15, 0.2) is 0 Å². The number of anilines is 1. The Morgan fingerprint density at radius 1 is 0.701 bits per heavy atom. The Morgan fingerprint density at radius 2 is 1.28 bits per heavy atom. The standard InChI is InChI=1S/C59H80N9O17PS/c1-5-64(6-2)40-23-25-44-48(37-40)84-49-38-41(65(7-3)8-4)24-26-45(49)56(44)42-17-9-10-18-43(42)59(77)67-34-32-66(33-35-67)52(71)21-12-11-19-51(70)63-47(39-87(81,82)83)58(76)61-30-15-13-20-50(69)62-46(29-36-86(78,79)80)57(75)60-31-16-14-22-55(74)85-68-53(72)27-28-54(68)73/h9-10,17-18,23-28,37-38,46-47H,5-8,11-16,19-22,29-36,39H2,1-4H3,(H8,60,61,62,63,69,70,75,76,77,78,79,80,81,82,83)/p+1. The van der Waals surface area contributed by atoms with E-state index in [1.54, 1.807) is 9.80 Å². The van der Waals surface area contributed by atoms with Crippen molar-refractivity contribution in [2.24, 2.45) is 0 Å². The monoisotopic (exact) mass is 1250 g/mol. The normalized spacial score (nSPS) is 13.4. The lowest BCUT2D eigenvalue weighted by molar-refractivity contribution is -0.145. The quantitative estimate of drug-likeness (QED) is 0.00977. The second kappa shape index (κ2) is 32.2. The first-order chi connectivity index (χ1) is 41.4. The van der Waals surface area contributed by atoms with Crippen LogP contribution < -0.4 is 40.9 Å². The molecule has 1 fully saturated rings. The molecule has 1 aliphatic carbocycles. The molecular weight excluding hydrogens is 1170 g/mol. The first-order valence-electron chi connectivity index (χ1n) is 29.4. The fourth-order valence-corrected chi connectivity index (χ4v) is 11.5. The lowest BCUT2D eigenvalue weighted by atomic mass is 9.90. The van der Waals surface area contributed by atoms with Crippen molar-refractivity contribution in [2.45, 2.75) is 110 Å². The van der Waals surface area contributed by atoms with Crippen LogP contribution in [-0.2, 0) is 43.5 Å². The number of benzene rings is 3. The van der Waals surface area contributed by atoms with Crippen molar-refractivity contribution >= 4 is 75.8 Å². The maximum atomic E-state index is 14.5. The third-order valence-electron chi connectivity index (χ3n) is 15.0. The van der Waals surface area contributed by atoms with Gasteiger partial charge in [0, 0.05) is 130 Å². The zero-order valence-electron chi connectivity index (χ0n) is 49.6. The highest BCUT2D eigenvalue weighted by Gasteiger charge is 2.31. The fourth-order valence-electron chi connectivity index (χ4n) is 10.3. The minimum Gasteiger partial charge on any atom is -0.492 e. The maximum Gasteiger partial charge on any atom is 0.333 e. The van der Waals surface area contributed by atoms with Gasteiger partial charge in [-0.05, 0) is 102 Å². The molecule has 2 atom stereocenters. The van der Waals surface area contributed by atoms with Gasteiger partial charge < -0.3 is 65.2 Å². The average molecular weight is 1250 g/mol. The summed E-state index contributed by atoms with van der Waals surface area (Å²) in [6, 6.07) is 19.2. The molecule has 2 aromatic carbocycles. The largest absolute Gasteiger partial charge is 0.492 e. The first-order valence-corrected chi connectivity index (χ1v) is 32.8. The van der Waals surface area contributed by atoms with Crippen LogP contribution in [0.15, 0.2) is 77.2 Å². The molecule has 9 N–H and O–H groups in total. The fraction of sp³-hybridized carbons (Fsp3) is 0.492. The molecule has 28 heteroatoms. The second-order valence-corrected chi connectivity index (χ2v) is 24.4. The molecule has 6 amide bonds. The molecule has 0 saturated carbocycles. The number of rotatable bonds is 32. The van der Waals surface area contributed by atoms with Crippen molar-refractivity contribution in [3.63, 3.8) is 0 Å². The number of fused-ring (bicyclic) bond motifs is 2. The number of carbonyl (C=O) groups is 7. The third-order valence-corrected chi connectivity index (χ3v) is 16.5. The minimum absolute atomic E-state index is 0.0133. The topological polar surface area (TPSA) is 360 Å². The highest BCUT2D eigenvalue weighted by atomic mass is 32.2. The molecule has 2 unspecified atom stereocenters. The summed E-state index contributed by atoms with van der Waals surface area (Å²) in [5, 5.41) is 30.9. The van der Waals surface area contributed by atoms with Crippen LogP contribution in [0.5, 0.6) is 11.8 Å². The SMILES string of the molecule is CCN(CC)c1ccc2c(-c3ccccc3C(=O)N3CCN(C(=O)CCCCC(=O)NC(CS(=O)(=O)O)C(=O)NCCCCC(=O)NC(CCP(=O)(O)O)C(=O)NCCCCC(=O)On4c(O)ccc4O)CC3)c3ccc(=[N+](CC)CC)cc-3oc2c1. The molecule has 0 radical (unpaired) electrons. The average Bonchev–Trinajstić information content (AvgIpc) is 1.22. The number of aromatic nitrogens is 1. The van der Waals surface area contributed by atoms with E-state index in [2.05, 4.69) is 94.8 Å². The number of nitrogens with one attached hydrogen (secondary N) is 4. The molecule has 26 nitrogen and oxygen atoms in total. The van der Waals surface area contributed by atoms with E-state index in [0.717, 1.165) is 71.4 Å². The number of carbonyl (C=O) groups excluding carboxylic acids is 7. The number of nitrogens with zero attached hydrogens (tertiary/aromatic N) is 5. The molecular formula is C59H81N9O17PS+. The van der Waals surface area contributed by atoms with Gasteiger partial charge in [-0.25, -0.2) is 9.37 Å². The Labute approximate surface area is 505 Å². The van der Waals surface area contributed by atoms with E-state index in [1.165, 1.54) is 0 Å². The van der Waals surface area contributed by atoms with Crippen molar-refractivity contribution in [2.75, 3.05) is 82.3 Å². The maximum absolute atomic E-state index is 14.5. The van der Waals surface area contributed by atoms with Crippen LogP contribution in [0.2, 0.25) is 0 Å². The van der Waals surface area contributed by atoms with Gasteiger partial charge in [0.2, 0.25) is 46.7 Å². The van der Waals surface area contributed by atoms with Gasteiger partial charge in [-0.3, -0.25) is 37.9 Å². The number of amides is 6. The smallest absolute Gasteiger partial charge is 0.333 e. The van der Waals surface area contributed by atoms with Gasteiger partial charge in [0.1, 0.15) is 42.3 Å². The summed E-state index contributed by atoms with van der Waals surface area (Å²) in [5.74, 6) is -5.59. The van der Waals surface area contributed by atoms with E-state index in [0.29, 0.717) is 21.6 Å². The van der Waals surface area contributed by atoms with E-state index in [9.17, 15) is 71.1 Å². The Morgan fingerprint density at radius 3 is 1.89 bits per heavy atom. The molecule has 0 bridgehead atoms. The van der Waals surface area contributed by atoms with Crippen LogP contribution in [0.1, 0.15) is 109 Å². The zero-order chi connectivity index (χ0) is 63.4. The second-order valence-electron chi connectivity index (χ2n) is 21.1. The number of unbranched alkanes of at least 4 members (excludes halogenated alkanes) is 3. The number of hydrogen-bond donors (Lipinski definition) is 9. The lowest BCUT2D eigenvalue weighted by Gasteiger charge is -2.35. The Balaban J connectivity index is 0.941. The van der Waals surface area contributed by atoms with E-state index < -0.39 is 89.5 Å². The molecule has 474 valence electrons. The van der Waals surface area contributed by atoms with Gasteiger partial charge in [-0.2, -0.15) is 8.42 Å². The lowest BCUT2D eigenvalue weighted by Crippen LogP contribution is -2.50. The van der Waals surface area contributed by atoms with Gasteiger partial charge in [0.25, 0.3) is 16.0 Å². The van der Waals surface area contributed by atoms with Gasteiger partial charge >= 0.3 is 13.6 Å². The predicted molar refractivity (Wildman–Crippen MR) is 324 cm³/mol. The third kappa shape index (κ3) is 20.1. The molecule has 6 rings (SSSR count). The molecule has 0 spiro atoms. The number of hydrogen-bond acceptors (Lipinski definition) is 15. The highest BCUT2D eigenvalue weighted by Crippen LogP contribution is 2.42. The Hall–Kier alpha value is -7.84. The number of piperazine rings is 1. The van der Waals surface area contributed by atoms with Crippen molar-refractivity contribution in [3.8, 4) is 34.2 Å². The van der Waals surface area contributed by atoms with Crippen LogP contribution >= 0.6 is 7.60 Å². The van der Waals surface area contributed by atoms with Gasteiger partial charge in [-0.1, -0.05) is 18.2 Å². The summed E-state index contributed by atoms with van der Waals surface area (Å²) in [6.45, 7) is 12.8. The summed E-state index contributed by atoms with van der Waals surface area (Å²) in [6.07, 6.45) is -0.331. The van der Waals surface area contributed by atoms with Crippen LogP contribution in [0.4, 0.5) is 5.69 Å². The zero-order valence-corrected chi connectivity index (χ0v) is 51.3. The Kier molecular flexibility index (Phi) is 25.3.